The average molecular weight is 486 g/mol. The highest BCUT2D eigenvalue weighted by atomic mass is 31.2. The van der Waals surface area contributed by atoms with Gasteiger partial charge in [-0.2, -0.15) is 13.2 Å². The zero-order chi connectivity index (χ0) is 24.5. The van der Waals surface area contributed by atoms with Crippen LogP contribution >= 0.6 is 7.44 Å². The molecule has 0 aliphatic carbocycles. The number of hydrogen-bond donors (Lipinski definition) is 3. The van der Waals surface area contributed by atoms with Crippen LogP contribution in [0.15, 0.2) is 54.6 Å². The Morgan fingerprint density at radius 2 is 1.70 bits per heavy atom. The first-order valence-corrected chi connectivity index (χ1v) is 12.1. The lowest BCUT2D eigenvalue weighted by Crippen LogP contribution is -2.36. The average Bonchev–Trinajstić information content (AvgIpc) is 2.79. The van der Waals surface area contributed by atoms with Crippen LogP contribution < -0.4 is 10.2 Å². The number of benzene rings is 2. The van der Waals surface area contributed by atoms with Crippen molar-refractivity contribution in [3.05, 3.63) is 71.3 Å². The van der Waals surface area contributed by atoms with Crippen molar-refractivity contribution in [3.8, 4) is 0 Å². The Balaban J connectivity index is 2.56. The van der Waals surface area contributed by atoms with Crippen molar-refractivity contribution in [3.63, 3.8) is 0 Å². The molecule has 2 rings (SSSR count). The highest BCUT2D eigenvalue weighted by molar-refractivity contribution is 7.59. The fourth-order valence-corrected chi connectivity index (χ4v) is 4.89. The van der Waals surface area contributed by atoms with Gasteiger partial charge >= 0.3 is 12.1 Å². The van der Waals surface area contributed by atoms with Gasteiger partial charge in [0.1, 0.15) is 24.8 Å². The van der Waals surface area contributed by atoms with Crippen molar-refractivity contribution < 1.29 is 37.2 Å². The van der Waals surface area contributed by atoms with Crippen LogP contribution in [0, 0.1) is 0 Å². The van der Waals surface area contributed by atoms with E-state index in [1.807, 2.05) is 6.92 Å². The van der Waals surface area contributed by atoms with E-state index < -0.39 is 43.6 Å². The summed E-state index contributed by atoms with van der Waals surface area (Å²) in [5.74, 6) is -1.27. The first-order valence-electron chi connectivity index (χ1n) is 10.2. The molecule has 33 heavy (non-hydrogen) atoms. The number of alkyl halides is 3. The van der Waals surface area contributed by atoms with E-state index in [-0.39, 0.29) is 18.5 Å². The Morgan fingerprint density at radius 3 is 2.27 bits per heavy atom. The van der Waals surface area contributed by atoms with Gasteiger partial charge in [0.2, 0.25) is 7.44 Å². The third-order valence-corrected chi connectivity index (χ3v) is 6.76. The number of aldehydes is 1. The number of hydrogen-bond acceptors (Lipinski definition) is 4. The van der Waals surface area contributed by atoms with Gasteiger partial charge in [0.15, 0.2) is 0 Å². The van der Waals surface area contributed by atoms with Crippen LogP contribution in [0.1, 0.15) is 36.5 Å². The molecule has 0 saturated heterocycles. The van der Waals surface area contributed by atoms with Gasteiger partial charge in [-0.1, -0.05) is 55.8 Å². The molecule has 180 valence electrons. The number of halogens is 3. The van der Waals surface area contributed by atoms with Gasteiger partial charge in [0.25, 0.3) is 0 Å². The molecule has 11 heteroatoms. The molecule has 2 atom stereocenters. The molecule has 0 heterocycles. The molecule has 0 spiro atoms. The Kier molecular flexibility index (Phi) is 9.36. The van der Waals surface area contributed by atoms with Crippen LogP contribution in [-0.4, -0.2) is 36.8 Å². The second-order valence-corrected chi connectivity index (χ2v) is 9.66. The number of carboxylic acid groups (broad SMARTS) is 1. The summed E-state index contributed by atoms with van der Waals surface area (Å²) in [5.41, 5.74) is -1.50. The molecule has 0 amide bonds. The van der Waals surface area contributed by atoms with E-state index in [2.05, 4.69) is 10.2 Å². The smallest absolute Gasteiger partial charge is 0.416 e. The van der Waals surface area contributed by atoms with Crippen LogP contribution in [-0.2, 0) is 30.7 Å². The summed E-state index contributed by atoms with van der Waals surface area (Å²) < 4.78 is 59.7. The van der Waals surface area contributed by atoms with Gasteiger partial charge in [-0.3, -0.25) is 9.36 Å². The number of nitrogens with one attached hydrogen (secondary N) is 2. The number of rotatable bonds is 13. The van der Waals surface area contributed by atoms with Crippen LogP contribution in [0.2, 0.25) is 0 Å². The summed E-state index contributed by atoms with van der Waals surface area (Å²) in [6.45, 7) is 0.840. The van der Waals surface area contributed by atoms with E-state index in [0.717, 1.165) is 12.1 Å². The Labute approximate surface area is 189 Å². The van der Waals surface area contributed by atoms with Gasteiger partial charge in [0.05, 0.1) is 12.1 Å². The summed E-state index contributed by atoms with van der Waals surface area (Å²) in [6, 6.07) is 13.3. The van der Waals surface area contributed by atoms with Crippen LogP contribution in [0.3, 0.4) is 0 Å². The van der Waals surface area contributed by atoms with Gasteiger partial charge in [-0.25, -0.2) is 10.2 Å². The molecule has 0 saturated carbocycles. The zero-order valence-electron chi connectivity index (χ0n) is 18.0. The summed E-state index contributed by atoms with van der Waals surface area (Å²) in [6.07, 6.45) is -3.92. The normalized spacial score (nSPS) is 15.4. The van der Waals surface area contributed by atoms with E-state index in [4.69, 9.17) is 9.84 Å². The standard InChI is InChI=1S/C22H26F3N2O5P/c1-2-11-21(17-7-4-3-5-8-17,18-9-6-10-19(14-18)22(23,24)25)32-16-33(31,26-12-13-28)27-15-20(29)30/h3-10,13-14H,2,11-12,15-16H2,1H3,(H,29,30)(H2,26,27,31). The number of aliphatic carboxylic acids is 1. The van der Waals surface area contributed by atoms with Gasteiger partial charge in [-0.05, 0) is 29.7 Å². The van der Waals surface area contributed by atoms with Gasteiger partial charge < -0.3 is 14.6 Å². The van der Waals surface area contributed by atoms with E-state index in [9.17, 15) is 27.3 Å². The number of ether oxygens (including phenoxy) is 1. The molecule has 2 aromatic rings. The molecular formula is C22H26F3N2O5P. The molecule has 7 nitrogen and oxygen atoms in total. The van der Waals surface area contributed by atoms with E-state index in [0.29, 0.717) is 18.3 Å². The molecule has 0 radical (unpaired) electrons. The molecule has 0 aromatic heterocycles. The lowest BCUT2D eigenvalue weighted by Gasteiger charge is -2.37. The van der Waals surface area contributed by atoms with E-state index in [1.165, 1.54) is 12.1 Å². The fourth-order valence-electron chi connectivity index (χ4n) is 3.43. The fraction of sp³-hybridized carbons (Fsp3) is 0.364. The van der Waals surface area contributed by atoms with Gasteiger partial charge in [-0.15, -0.1) is 0 Å². The highest BCUT2D eigenvalue weighted by Crippen LogP contribution is 2.45. The first kappa shape index (κ1) is 26.7. The number of carbonyl (C=O) groups is 2. The van der Waals surface area contributed by atoms with Gasteiger partial charge in [0, 0.05) is 0 Å². The molecule has 2 unspecified atom stereocenters. The monoisotopic (exact) mass is 486 g/mol. The molecule has 0 aliphatic rings. The largest absolute Gasteiger partial charge is 0.480 e. The topological polar surface area (TPSA) is 105 Å². The molecule has 0 fully saturated rings. The van der Waals surface area contributed by atoms with Crippen molar-refractivity contribution in [1.82, 2.24) is 10.2 Å². The Hall–Kier alpha value is -2.52. The van der Waals surface area contributed by atoms with E-state index >= 15 is 0 Å². The third kappa shape index (κ3) is 7.23. The maximum atomic E-state index is 13.4. The van der Waals surface area contributed by atoms with Crippen LogP contribution in [0.4, 0.5) is 13.2 Å². The molecule has 2 aromatic carbocycles. The minimum absolute atomic E-state index is 0.213. The lowest BCUT2D eigenvalue weighted by molar-refractivity contribution is -0.138. The van der Waals surface area contributed by atoms with Crippen molar-refractivity contribution in [2.24, 2.45) is 0 Å². The summed E-state index contributed by atoms with van der Waals surface area (Å²) in [5, 5.41) is 13.8. The minimum Gasteiger partial charge on any atom is -0.480 e. The predicted octanol–water partition coefficient (Wildman–Crippen LogP) is 4.38. The van der Waals surface area contributed by atoms with Crippen molar-refractivity contribution in [2.75, 3.05) is 19.4 Å². The highest BCUT2D eigenvalue weighted by Gasteiger charge is 2.39. The van der Waals surface area contributed by atoms with Crippen LogP contribution in [0.5, 0.6) is 0 Å². The molecule has 0 aliphatic heterocycles. The Morgan fingerprint density at radius 1 is 1.06 bits per heavy atom. The maximum absolute atomic E-state index is 13.4. The summed E-state index contributed by atoms with van der Waals surface area (Å²) in [4.78, 5) is 21.8. The van der Waals surface area contributed by atoms with Crippen molar-refractivity contribution in [1.29, 1.82) is 0 Å². The Bertz CT molecular complexity index is 987. The van der Waals surface area contributed by atoms with E-state index in [1.54, 1.807) is 30.3 Å². The van der Waals surface area contributed by atoms with Crippen molar-refractivity contribution in [2.45, 2.75) is 31.5 Å². The molecule has 3 N–H and O–H groups in total. The second-order valence-electron chi connectivity index (χ2n) is 7.29. The van der Waals surface area contributed by atoms with Crippen LogP contribution in [0.25, 0.3) is 0 Å². The predicted molar refractivity (Wildman–Crippen MR) is 117 cm³/mol. The number of carboxylic acids is 1. The van der Waals surface area contributed by atoms with Crippen molar-refractivity contribution >= 4 is 19.7 Å². The summed E-state index contributed by atoms with van der Waals surface area (Å²) in [7, 11) is -3.75. The molecule has 0 bridgehead atoms. The molecular weight excluding hydrogens is 460 g/mol. The summed E-state index contributed by atoms with van der Waals surface area (Å²) >= 11 is 0. The second kappa shape index (κ2) is 11.6. The first-order chi connectivity index (χ1) is 15.6. The number of carbonyl (C=O) groups excluding carboxylic acids is 1. The maximum Gasteiger partial charge on any atom is 0.416 e. The quantitative estimate of drug-likeness (QED) is 0.285. The SMILES string of the molecule is CCCC(OCP(=O)(NCC=O)NCC(=O)O)(c1ccccc1)c1cccc(C(F)(F)F)c1. The minimum atomic E-state index is -4.57. The lowest BCUT2D eigenvalue weighted by atomic mass is 9.82. The third-order valence-electron chi connectivity index (χ3n) is 4.91. The zero-order valence-corrected chi connectivity index (χ0v) is 18.9.